The molecule has 0 atom stereocenters. The van der Waals surface area contributed by atoms with E-state index < -0.39 is 0 Å². The van der Waals surface area contributed by atoms with Gasteiger partial charge in [-0.25, -0.2) is 0 Å². The summed E-state index contributed by atoms with van der Waals surface area (Å²) in [6, 6.07) is 16.4. The van der Waals surface area contributed by atoms with Gasteiger partial charge in [0.15, 0.2) is 0 Å². The van der Waals surface area contributed by atoms with E-state index in [4.69, 9.17) is 9.47 Å². The number of benzene rings is 2. The Morgan fingerprint density at radius 1 is 0.920 bits per heavy atom. The Morgan fingerprint density at radius 3 is 2.28 bits per heavy atom. The van der Waals surface area contributed by atoms with Crippen molar-refractivity contribution in [1.82, 2.24) is 0 Å². The molecule has 3 rings (SSSR count). The van der Waals surface area contributed by atoms with Crippen LogP contribution in [0.3, 0.4) is 0 Å². The van der Waals surface area contributed by atoms with Gasteiger partial charge in [-0.05, 0) is 30.4 Å². The van der Waals surface area contributed by atoms with Crippen molar-refractivity contribution in [3.8, 4) is 11.5 Å². The molecule has 132 valence electrons. The van der Waals surface area contributed by atoms with Crippen molar-refractivity contribution in [3.05, 3.63) is 60.2 Å². The highest BCUT2D eigenvalue weighted by Gasteiger charge is 2.21. The smallest absolute Gasteiger partial charge is 0.142 e. The number of nitrogens with one attached hydrogen (secondary N) is 1. The first kappa shape index (κ1) is 17.4. The van der Waals surface area contributed by atoms with Crippen LogP contribution in [0.25, 0.3) is 6.08 Å². The minimum atomic E-state index is 0.926. The first-order valence-electron chi connectivity index (χ1n) is 8.83. The number of ether oxygens (including phenoxy) is 2. The summed E-state index contributed by atoms with van der Waals surface area (Å²) >= 11 is 0. The molecule has 2 aromatic rings. The Kier molecular flexibility index (Phi) is 5.96. The molecule has 2 aromatic carbocycles. The summed E-state index contributed by atoms with van der Waals surface area (Å²) in [5.74, 6) is 1.89. The van der Waals surface area contributed by atoms with Gasteiger partial charge in [0.05, 0.1) is 52.6 Å². The maximum Gasteiger partial charge on any atom is 0.142 e. The second-order valence-corrected chi connectivity index (χ2v) is 6.26. The van der Waals surface area contributed by atoms with Gasteiger partial charge in [0.2, 0.25) is 0 Å². The van der Waals surface area contributed by atoms with Crippen molar-refractivity contribution >= 4 is 11.8 Å². The fraction of sp³-hybridized carbons (Fsp3) is 0.333. The predicted octanol–water partition coefficient (Wildman–Crippen LogP) is 2.12. The summed E-state index contributed by atoms with van der Waals surface area (Å²) in [6.45, 7) is 5.41. The van der Waals surface area contributed by atoms with Gasteiger partial charge < -0.3 is 19.3 Å². The normalized spacial score (nSPS) is 15.5. The number of quaternary nitrogens is 1. The van der Waals surface area contributed by atoms with Crippen LogP contribution in [0.5, 0.6) is 11.5 Å². The van der Waals surface area contributed by atoms with Crippen LogP contribution in [0, 0.1) is 0 Å². The lowest BCUT2D eigenvalue weighted by molar-refractivity contribution is -0.894. The van der Waals surface area contributed by atoms with Gasteiger partial charge in [-0.15, -0.1) is 0 Å². The van der Waals surface area contributed by atoms with Crippen LogP contribution in [0.4, 0.5) is 5.69 Å². The van der Waals surface area contributed by atoms with Gasteiger partial charge in [-0.3, -0.25) is 0 Å². The third-order valence-electron chi connectivity index (χ3n) is 4.74. The van der Waals surface area contributed by atoms with Gasteiger partial charge in [0.1, 0.15) is 11.5 Å². The van der Waals surface area contributed by atoms with E-state index in [0.29, 0.717) is 0 Å². The SMILES string of the molecule is COc1ccccc1/C=C/C[NH+]1CCN(c2ccccc2OC)CC1. The highest BCUT2D eigenvalue weighted by molar-refractivity contribution is 5.58. The molecule has 0 amide bonds. The average Bonchev–Trinajstić information content (AvgIpc) is 2.69. The summed E-state index contributed by atoms with van der Waals surface area (Å²) < 4.78 is 10.9. The van der Waals surface area contributed by atoms with Gasteiger partial charge in [0.25, 0.3) is 0 Å². The van der Waals surface area contributed by atoms with E-state index in [9.17, 15) is 0 Å². The third-order valence-corrected chi connectivity index (χ3v) is 4.74. The molecule has 0 unspecified atom stereocenters. The molecule has 0 bridgehead atoms. The molecule has 1 N–H and O–H groups in total. The molecular weight excluding hydrogens is 312 g/mol. The topological polar surface area (TPSA) is 26.1 Å². The van der Waals surface area contributed by atoms with Crippen molar-refractivity contribution in [2.45, 2.75) is 0 Å². The first-order chi connectivity index (χ1) is 12.3. The van der Waals surface area contributed by atoms with Crippen molar-refractivity contribution in [2.75, 3.05) is 51.8 Å². The molecule has 0 aliphatic carbocycles. The largest absolute Gasteiger partial charge is 0.496 e. The summed E-state index contributed by atoms with van der Waals surface area (Å²) in [5, 5.41) is 0. The fourth-order valence-electron chi connectivity index (χ4n) is 3.32. The molecule has 1 aliphatic rings. The van der Waals surface area contributed by atoms with Crippen molar-refractivity contribution in [3.63, 3.8) is 0 Å². The molecule has 0 saturated carbocycles. The summed E-state index contributed by atoms with van der Waals surface area (Å²) in [4.78, 5) is 4.03. The lowest BCUT2D eigenvalue weighted by Gasteiger charge is -2.33. The molecule has 4 nitrogen and oxygen atoms in total. The summed E-state index contributed by atoms with van der Waals surface area (Å²) in [7, 11) is 3.46. The standard InChI is InChI=1S/C21H26N2O2/c1-24-20-11-5-3-8-18(20)9-7-13-22-14-16-23(17-15-22)19-10-4-6-12-21(19)25-2/h3-12H,13-17H2,1-2H3/p+1/b9-7+. The Morgan fingerprint density at radius 2 is 1.56 bits per heavy atom. The van der Waals surface area contributed by atoms with Gasteiger partial charge in [-0.2, -0.15) is 0 Å². The molecule has 25 heavy (non-hydrogen) atoms. The molecular formula is C21H27N2O2+. The van der Waals surface area contributed by atoms with E-state index in [1.54, 1.807) is 19.1 Å². The van der Waals surface area contributed by atoms with E-state index in [1.165, 1.54) is 5.69 Å². The average molecular weight is 339 g/mol. The molecule has 0 radical (unpaired) electrons. The van der Waals surface area contributed by atoms with Crippen LogP contribution in [0.15, 0.2) is 54.6 Å². The maximum absolute atomic E-state index is 5.49. The van der Waals surface area contributed by atoms with Crippen molar-refractivity contribution in [1.29, 1.82) is 0 Å². The predicted molar refractivity (Wildman–Crippen MR) is 103 cm³/mol. The van der Waals surface area contributed by atoms with Crippen LogP contribution in [-0.2, 0) is 0 Å². The molecule has 1 aliphatic heterocycles. The van der Waals surface area contributed by atoms with Crippen molar-refractivity contribution in [2.24, 2.45) is 0 Å². The Labute approximate surface area is 150 Å². The molecule has 0 aromatic heterocycles. The van der Waals surface area contributed by atoms with E-state index in [2.05, 4.69) is 35.3 Å². The monoisotopic (exact) mass is 339 g/mol. The first-order valence-corrected chi connectivity index (χ1v) is 8.83. The minimum Gasteiger partial charge on any atom is -0.496 e. The number of rotatable bonds is 6. The second-order valence-electron chi connectivity index (χ2n) is 6.26. The quantitative estimate of drug-likeness (QED) is 0.873. The Bertz CT molecular complexity index is 707. The number of hydrogen-bond acceptors (Lipinski definition) is 3. The van der Waals surface area contributed by atoms with Crippen LogP contribution in [0.1, 0.15) is 5.56 Å². The number of hydrogen-bond donors (Lipinski definition) is 1. The van der Waals surface area contributed by atoms with Crippen LogP contribution >= 0.6 is 0 Å². The number of nitrogens with zero attached hydrogens (tertiary/aromatic N) is 1. The van der Waals surface area contributed by atoms with Crippen LogP contribution in [-0.4, -0.2) is 46.9 Å². The highest BCUT2D eigenvalue weighted by Crippen LogP contribution is 2.27. The molecule has 0 spiro atoms. The second kappa shape index (κ2) is 8.58. The molecule has 1 fully saturated rings. The van der Waals surface area contributed by atoms with Gasteiger partial charge in [-0.1, -0.05) is 30.3 Å². The minimum absolute atomic E-state index is 0.926. The number of methoxy groups -OCH3 is 2. The van der Waals surface area contributed by atoms with E-state index in [1.807, 2.05) is 30.3 Å². The van der Waals surface area contributed by atoms with E-state index >= 15 is 0 Å². The molecule has 1 saturated heterocycles. The van der Waals surface area contributed by atoms with Crippen LogP contribution < -0.4 is 19.3 Å². The third kappa shape index (κ3) is 4.34. The van der Waals surface area contributed by atoms with E-state index in [0.717, 1.165) is 49.8 Å². The molecule has 4 heteroatoms. The van der Waals surface area contributed by atoms with Gasteiger partial charge in [0, 0.05) is 5.56 Å². The van der Waals surface area contributed by atoms with E-state index in [-0.39, 0.29) is 0 Å². The van der Waals surface area contributed by atoms with Crippen molar-refractivity contribution < 1.29 is 14.4 Å². The van der Waals surface area contributed by atoms with Crippen LogP contribution in [0.2, 0.25) is 0 Å². The Balaban J connectivity index is 1.53. The summed E-state index contributed by atoms with van der Waals surface area (Å²) in [5.41, 5.74) is 2.34. The maximum atomic E-state index is 5.49. The Hall–Kier alpha value is -2.46. The highest BCUT2D eigenvalue weighted by atomic mass is 16.5. The zero-order valence-electron chi connectivity index (χ0n) is 15.1. The zero-order valence-corrected chi connectivity index (χ0v) is 15.1. The number of piperazine rings is 1. The fourth-order valence-corrected chi connectivity index (χ4v) is 3.32. The number of para-hydroxylation sites is 3. The summed E-state index contributed by atoms with van der Waals surface area (Å²) in [6.07, 6.45) is 4.42. The van der Waals surface area contributed by atoms with Gasteiger partial charge >= 0.3 is 0 Å². The number of anilines is 1. The molecule has 1 heterocycles. The lowest BCUT2D eigenvalue weighted by atomic mass is 10.2. The zero-order chi connectivity index (χ0) is 17.5. The lowest BCUT2D eigenvalue weighted by Crippen LogP contribution is -3.14.